The lowest BCUT2D eigenvalue weighted by Gasteiger charge is -2.18. The number of ether oxygens (including phenoxy) is 1. The average Bonchev–Trinajstić information content (AvgIpc) is 2.95. The van der Waals surface area contributed by atoms with Crippen LogP contribution in [0.3, 0.4) is 0 Å². The van der Waals surface area contributed by atoms with Gasteiger partial charge in [-0.2, -0.15) is 0 Å². The number of furan rings is 1. The quantitative estimate of drug-likeness (QED) is 0.837. The minimum atomic E-state index is -1.03. The van der Waals surface area contributed by atoms with Gasteiger partial charge in [-0.05, 0) is 32.3 Å². The lowest BCUT2D eigenvalue weighted by atomic mass is 10.0. The van der Waals surface area contributed by atoms with Crippen molar-refractivity contribution >= 4 is 5.97 Å². The van der Waals surface area contributed by atoms with E-state index in [9.17, 15) is 4.79 Å². The molecule has 0 saturated carbocycles. The van der Waals surface area contributed by atoms with Crippen LogP contribution in [0.5, 0.6) is 0 Å². The molecule has 0 bridgehead atoms. The zero-order valence-electron chi connectivity index (χ0n) is 10.7. The van der Waals surface area contributed by atoms with Crippen molar-refractivity contribution in [3.05, 3.63) is 23.2 Å². The van der Waals surface area contributed by atoms with E-state index in [1.54, 1.807) is 13.0 Å². The Hall–Kier alpha value is -1.33. The molecule has 1 aliphatic heterocycles. The second kappa shape index (κ2) is 5.54. The van der Waals surface area contributed by atoms with E-state index in [0.717, 1.165) is 25.2 Å². The van der Waals surface area contributed by atoms with Crippen LogP contribution < -0.4 is 5.32 Å². The number of rotatable bonds is 5. The van der Waals surface area contributed by atoms with Crippen LogP contribution in [0.1, 0.15) is 35.2 Å². The fourth-order valence-corrected chi connectivity index (χ4v) is 2.19. The minimum Gasteiger partial charge on any atom is -0.475 e. The Balaban J connectivity index is 1.91. The third-order valence-electron chi connectivity index (χ3n) is 3.52. The molecule has 5 nitrogen and oxygen atoms in total. The summed E-state index contributed by atoms with van der Waals surface area (Å²) in [6, 6.07) is 1.94. The third kappa shape index (κ3) is 2.91. The van der Waals surface area contributed by atoms with Gasteiger partial charge in [-0.1, -0.05) is 0 Å². The van der Waals surface area contributed by atoms with Gasteiger partial charge in [0.15, 0.2) is 0 Å². The van der Waals surface area contributed by atoms with Crippen molar-refractivity contribution in [1.82, 2.24) is 5.32 Å². The standard InChI is InChI=1S/C13H19NO4/c1-8(10-3-4-17-7-10)14-6-11-5-12(13(15)16)18-9(11)2/h5,8,10,14H,3-4,6-7H2,1-2H3,(H,15,16). The topological polar surface area (TPSA) is 71.7 Å². The number of hydrogen-bond donors (Lipinski definition) is 2. The Morgan fingerprint density at radius 1 is 1.67 bits per heavy atom. The molecule has 5 heteroatoms. The van der Waals surface area contributed by atoms with Crippen molar-refractivity contribution in [3.63, 3.8) is 0 Å². The van der Waals surface area contributed by atoms with Gasteiger partial charge < -0.3 is 19.6 Å². The zero-order valence-corrected chi connectivity index (χ0v) is 10.7. The van der Waals surface area contributed by atoms with Gasteiger partial charge in [0.2, 0.25) is 5.76 Å². The highest BCUT2D eigenvalue weighted by Crippen LogP contribution is 2.18. The summed E-state index contributed by atoms with van der Waals surface area (Å²) in [4.78, 5) is 10.8. The second-order valence-corrected chi connectivity index (χ2v) is 4.79. The summed E-state index contributed by atoms with van der Waals surface area (Å²) in [7, 11) is 0. The molecule has 0 amide bonds. The first kappa shape index (κ1) is 13.1. The largest absolute Gasteiger partial charge is 0.475 e. The van der Waals surface area contributed by atoms with Gasteiger partial charge in [0.05, 0.1) is 6.61 Å². The van der Waals surface area contributed by atoms with Gasteiger partial charge in [-0.25, -0.2) is 4.79 Å². The first-order valence-corrected chi connectivity index (χ1v) is 6.21. The van der Waals surface area contributed by atoms with Gasteiger partial charge in [0.1, 0.15) is 5.76 Å². The fraction of sp³-hybridized carbons (Fsp3) is 0.615. The number of carbonyl (C=O) groups is 1. The Bertz CT molecular complexity index is 421. The lowest BCUT2D eigenvalue weighted by molar-refractivity contribution is 0.0661. The number of nitrogens with one attached hydrogen (secondary N) is 1. The van der Waals surface area contributed by atoms with Crippen LogP contribution in [0.4, 0.5) is 0 Å². The molecule has 100 valence electrons. The van der Waals surface area contributed by atoms with E-state index in [0.29, 0.717) is 24.3 Å². The van der Waals surface area contributed by atoms with Gasteiger partial charge in [0.25, 0.3) is 0 Å². The first-order valence-electron chi connectivity index (χ1n) is 6.21. The lowest BCUT2D eigenvalue weighted by Crippen LogP contribution is -2.33. The van der Waals surface area contributed by atoms with Crippen LogP contribution in [0.25, 0.3) is 0 Å². The molecule has 2 atom stereocenters. The number of hydrogen-bond acceptors (Lipinski definition) is 4. The summed E-state index contributed by atoms with van der Waals surface area (Å²) in [6.07, 6.45) is 1.08. The molecular formula is C13H19NO4. The van der Waals surface area contributed by atoms with Crippen LogP contribution in [-0.4, -0.2) is 30.3 Å². The van der Waals surface area contributed by atoms with Crippen LogP contribution in [0, 0.1) is 12.8 Å². The maximum atomic E-state index is 10.8. The summed E-state index contributed by atoms with van der Waals surface area (Å²) >= 11 is 0. The third-order valence-corrected chi connectivity index (χ3v) is 3.52. The number of aryl methyl sites for hydroxylation is 1. The predicted molar refractivity (Wildman–Crippen MR) is 65.6 cm³/mol. The monoisotopic (exact) mass is 253 g/mol. The molecule has 1 aliphatic rings. The maximum absolute atomic E-state index is 10.8. The maximum Gasteiger partial charge on any atom is 0.371 e. The van der Waals surface area contributed by atoms with E-state index in [4.69, 9.17) is 14.3 Å². The number of aromatic carboxylic acids is 1. The molecule has 2 unspecified atom stereocenters. The van der Waals surface area contributed by atoms with Crippen molar-refractivity contribution in [2.24, 2.45) is 5.92 Å². The van der Waals surface area contributed by atoms with Crippen LogP contribution in [0.2, 0.25) is 0 Å². The molecule has 2 N–H and O–H groups in total. The Morgan fingerprint density at radius 2 is 2.44 bits per heavy atom. The van der Waals surface area contributed by atoms with Crippen molar-refractivity contribution < 1.29 is 19.1 Å². The summed E-state index contributed by atoms with van der Waals surface area (Å²) in [5.74, 6) is 0.175. The van der Waals surface area contributed by atoms with Crippen LogP contribution in [-0.2, 0) is 11.3 Å². The highest BCUT2D eigenvalue weighted by molar-refractivity contribution is 5.84. The highest BCUT2D eigenvalue weighted by Gasteiger charge is 2.22. The van der Waals surface area contributed by atoms with Crippen molar-refractivity contribution in [2.75, 3.05) is 13.2 Å². The molecule has 18 heavy (non-hydrogen) atoms. The van der Waals surface area contributed by atoms with E-state index in [-0.39, 0.29) is 5.76 Å². The minimum absolute atomic E-state index is 0.00107. The molecule has 0 aliphatic carbocycles. The van der Waals surface area contributed by atoms with Crippen molar-refractivity contribution in [2.45, 2.75) is 32.9 Å². The van der Waals surface area contributed by atoms with Crippen LogP contribution >= 0.6 is 0 Å². The average molecular weight is 253 g/mol. The molecule has 1 aromatic rings. The van der Waals surface area contributed by atoms with E-state index < -0.39 is 5.97 Å². The molecule has 0 spiro atoms. The van der Waals surface area contributed by atoms with Gasteiger partial charge in [-0.15, -0.1) is 0 Å². The van der Waals surface area contributed by atoms with Gasteiger partial charge in [0, 0.05) is 24.8 Å². The van der Waals surface area contributed by atoms with Gasteiger partial charge >= 0.3 is 5.97 Å². The number of carboxylic acids is 1. The van der Waals surface area contributed by atoms with E-state index >= 15 is 0 Å². The smallest absolute Gasteiger partial charge is 0.371 e. The predicted octanol–water partition coefficient (Wildman–Crippen LogP) is 1.80. The van der Waals surface area contributed by atoms with E-state index in [1.807, 2.05) is 0 Å². The van der Waals surface area contributed by atoms with Crippen molar-refractivity contribution in [3.8, 4) is 0 Å². The fourth-order valence-electron chi connectivity index (χ4n) is 2.19. The van der Waals surface area contributed by atoms with Crippen LogP contribution in [0.15, 0.2) is 10.5 Å². The Kier molecular flexibility index (Phi) is 4.04. The number of carboxylic acid groups (broad SMARTS) is 1. The second-order valence-electron chi connectivity index (χ2n) is 4.79. The Morgan fingerprint density at radius 3 is 3.00 bits per heavy atom. The zero-order chi connectivity index (χ0) is 13.1. The van der Waals surface area contributed by atoms with E-state index in [1.165, 1.54) is 0 Å². The molecule has 1 saturated heterocycles. The SMILES string of the molecule is Cc1oc(C(=O)O)cc1CNC(C)C1CCOC1. The summed E-state index contributed by atoms with van der Waals surface area (Å²) < 4.78 is 10.5. The van der Waals surface area contributed by atoms with Crippen molar-refractivity contribution in [1.29, 1.82) is 0 Å². The molecule has 2 heterocycles. The Labute approximate surface area is 106 Å². The molecular weight excluding hydrogens is 234 g/mol. The summed E-state index contributed by atoms with van der Waals surface area (Å²) in [6.45, 7) is 6.18. The summed E-state index contributed by atoms with van der Waals surface area (Å²) in [5, 5.41) is 12.2. The molecule has 2 rings (SSSR count). The normalized spacial score (nSPS) is 21.1. The highest BCUT2D eigenvalue weighted by atomic mass is 16.5. The molecule has 0 radical (unpaired) electrons. The molecule has 1 aromatic heterocycles. The molecule has 1 fully saturated rings. The first-order chi connectivity index (χ1) is 8.58. The molecule has 0 aromatic carbocycles. The van der Waals surface area contributed by atoms with E-state index in [2.05, 4.69) is 12.2 Å². The van der Waals surface area contributed by atoms with Gasteiger partial charge in [-0.3, -0.25) is 0 Å². The summed E-state index contributed by atoms with van der Waals surface area (Å²) in [5.41, 5.74) is 0.901.